The summed E-state index contributed by atoms with van der Waals surface area (Å²) in [5.41, 5.74) is -2.77. The summed E-state index contributed by atoms with van der Waals surface area (Å²) in [5, 5.41) is 9.59. The molecule has 1 spiro atoms. The zero-order valence-electron chi connectivity index (χ0n) is 13.7. The van der Waals surface area contributed by atoms with Crippen LogP contribution in [-0.4, -0.2) is 72.5 Å². The van der Waals surface area contributed by atoms with E-state index in [2.05, 4.69) is 6.58 Å². The Bertz CT molecular complexity index is 582. The topological polar surface area (TPSA) is 70.1 Å². The average molecular weight is 362 g/mol. The number of hydrogen-bond donors (Lipinski definition) is 1. The maximum atomic E-state index is 13.1. The van der Waals surface area contributed by atoms with Gasteiger partial charge in [-0.3, -0.25) is 4.79 Å². The second kappa shape index (κ2) is 5.89. The molecule has 0 radical (unpaired) electrons. The van der Waals surface area contributed by atoms with E-state index in [1.807, 2.05) is 0 Å². The van der Waals surface area contributed by atoms with E-state index >= 15 is 0 Å². The van der Waals surface area contributed by atoms with Gasteiger partial charge in [0, 0.05) is 44.1 Å². The van der Waals surface area contributed by atoms with Crippen LogP contribution in [0.1, 0.15) is 12.8 Å². The van der Waals surface area contributed by atoms with Crippen molar-refractivity contribution in [1.29, 1.82) is 0 Å². The van der Waals surface area contributed by atoms with Crippen molar-refractivity contribution in [2.45, 2.75) is 19.0 Å². The van der Waals surface area contributed by atoms with Gasteiger partial charge in [0.25, 0.3) is 0 Å². The fourth-order valence-electron chi connectivity index (χ4n) is 3.91. The van der Waals surface area contributed by atoms with Crippen LogP contribution in [0.2, 0.25) is 0 Å². The zero-order valence-corrected chi connectivity index (χ0v) is 13.7. The van der Waals surface area contributed by atoms with E-state index < -0.39 is 29.0 Å². The number of aliphatic hydroxyl groups excluding tert-OH is 1. The fraction of sp³-hybridized carbons (Fsp3) is 0.750. The standard InChI is InChI=1S/C16H21F3N2O4/c1-2-5-25-13(24)20-6-11(7-22)14(8-20)9-21(10-14)12(23)15(3-4-15)16(17,18)19/h2,11,22H,1,3-10H2/t11-/m0/s1. The molecule has 25 heavy (non-hydrogen) atoms. The van der Waals surface area contributed by atoms with E-state index in [-0.39, 0.29) is 58.2 Å². The lowest BCUT2D eigenvalue weighted by molar-refractivity contribution is -0.205. The Morgan fingerprint density at radius 2 is 1.84 bits per heavy atom. The summed E-state index contributed by atoms with van der Waals surface area (Å²) in [4.78, 5) is 26.9. The molecule has 3 rings (SSSR count). The monoisotopic (exact) mass is 362 g/mol. The minimum Gasteiger partial charge on any atom is -0.445 e. The van der Waals surface area contributed by atoms with Gasteiger partial charge in [-0.1, -0.05) is 12.7 Å². The summed E-state index contributed by atoms with van der Waals surface area (Å²) in [7, 11) is 0. The molecule has 0 aromatic heterocycles. The molecule has 140 valence electrons. The summed E-state index contributed by atoms with van der Waals surface area (Å²) < 4.78 is 44.3. The summed E-state index contributed by atoms with van der Waals surface area (Å²) in [6, 6.07) is 0. The Morgan fingerprint density at radius 3 is 2.32 bits per heavy atom. The molecule has 0 bridgehead atoms. The molecular formula is C16H21F3N2O4. The third-order valence-electron chi connectivity index (χ3n) is 5.62. The molecule has 6 nitrogen and oxygen atoms in total. The summed E-state index contributed by atoms with van der Waals surface area (Å²) in [6.45, 7) is 4.09. The van der Waals surface area contributed by atoms with Crippen LogP contribution in [0.15, 0.2) is 12.7 Å². The molecule has 3 fully saturated rings. The Kier molecular flexibility index (Phi) is 4.25. The van der Waals surface area contributed by atoms with Crippen LogP contribution in [0, 0.1) is 16.7 Å². The highest BCUT2D eigenvalue weighted by Crippen LogP contribution is 2.60. The highest BCUT2D eigenvalue weighted by Gasteiger charge is 2.71. The number of alkyl halides is 3. The Labute approximate surface area is 143 Å². The molecule has 0 aromatic carbocycles. The molecular weight excluding hydrogens is 341 g/mol. The number of hydrogen-bond acceptors (Lipinski definition) is 4. The van der Waals surface area contributed by atoms with E-state index in [0.29, 0.717) is 0 Å². The first-order valence-electron chi connectivity index (χ1n) is 8.19. The van der Waals surface area contributed by atoms with Crippen molar-refractivity contribution in [1.82, 2.24) is 9.80 Å². The molecule has 2 aliphatic heterocycles. The minimum absolute atomic E-state index is 0.0604. The second-order valence-electron chi connectivity index (χ2n) is 7.23. The Balaban J connectivity index is 1.64. The number of rotatable bonds is 4. The van der Waals surface area contributed by atoms with Gasteiger partial charge in [-0.15, -0.1) is 0 Å². The molecule has 1 N–H and O–H groups in total. The lowest BCUT2D eigenvalue weighted by Crippen LogP contribution is -2.64. The highest BCUT2D eigenvalue weighted by atomic mass is 19.4. The van der Waals surface area contributed by atoms with Crippen molar-refractivity contribution in [3.8, 4) is 0 Å². The molecule has 3 aliphatic rings. The van der Waals surface area contributed by atoms with Gasteiger partial charge in [0.05, 0.1) is 0 Å². The number of ether oxygens (including phenoxy) is 1. The van der Waals surface area contributed by atoms with Crippen molar-refractivity contribution in [3.05, 3.63) is 12.7 Å². The summed E-state index contributed by atoms with van der Waals surface area (Å²) in [5.74, 6) is -1.16. The lowest BCUT2D eigenvalue weighted by Gasteiger charge is -2.51. The molecule has 0 unspecified atom stereocenters. The number of halogens is 3. The van der Waals surface area contributed by atoms with Gasteiger partial charge >= 0.3 is 12.3 Å². The first-order chi connectivity index (χ1) is 11.7. The maximum absolute atomic E-state index is 13.1. The van der Waals surface area contributed by atoms with Gasteiger partial charge in [-0.05, 0) is 12.8 Å². The predicted molar refractivity (Wildman–Crippen MR) is 80.4 cm³/mol. The van der Waals surface area contributed by atoms with Crippen LogP contribution in [-0.2, 0) is 9.53 Å². The van der Waals surface area contributed by atoms with Crippen LogP contribution in [0.25, 0.3) is 0 Å². The van der Waals surface area contributed by atoms with Crippen molar-refractivity contribution in [2.24, 2.45) is 16.7 Å². The van der Waals surface area contributed by atoms with Gasteiger partial charge in [0.1, 0.15) is 12.0 Å². The van der Waals surface area contributed by atoms with E-state index in [9.17, 15) is 27.9 Å². The lowest BCUT2D eigenvalue weighted by atomic mass is 9.71. The quantitative estimate of drug-likeness (QED) is 0.768. The molecule has 2 heterocycles. The van der Waals surface area contributed by atoms with Crippen LogP contribution in [0.3, 0.4) is 0 Å². The van der Waals surface area contributed by atoms with Crippen molar-refractivity contribution < 1.29 is 32.6 Å². The molecule has 1 aliphatic carbocycles. The molecule has 1 saturated carbocycles. The largest absolute Gasteiger partial charge is 0.445 e. The molecule has 2 saturated heterocycles. The Hall–Kier alpha value is -1.77. The van der Waals surface area contributed by atoms with E-state index in [4.69, 9.17) is 4.74 Å². The predicted octanol–water partition coefficient (Wildman–Crippen LogP) is 1.40. The van der Waals surface area contributed by atoms with Gasteiger partial charge in [-0.25, -0.2) is 4.79 Å². The van der Waals surface area contributed by atoms with E-state index in [1.165, 1.54) is 15.9 Å². The third kappa shape index (κ3) is 2.78. The van der Waals surface area contributed by atoms with Crippen molar-refractivity contribution in [3.63, 3.8) is 0 Å². The van der Waals surface area contributed by atoms with Crippen molar-refractivity contribution >= 4 is 12.0 Å². The first kappa shape index (κ1) is 18.0. The molecule has 2 amide bonds. The van der Waals surface area contributed by atoms with Crippen LogP contribution in [0.4, 0.5) is 18.0 Å². The summed E-state index contributed by atoms with van der Waals surface area (Å²) >= 11 is 0. The number of nitrogens with zero attached hydrogens (tertiary/aromatic N) is 2. The average Bonchev–Trinajstić information content (AvgIpc) is 3.25. The normalized spacial score (nSPS) is 26.3. The van der Waals surface area contributed by atoms with Gasteiger partial charge in [0.2, 0.25) is 5.91 Å². The highest BCUT2D eigenvalue weighted by molar-refractivity contribution is 5.87. The summed E-state index contributed by atoms with van der Waals surface area (Å²) in [6.07, 6.45) is -3.97. The number of likely N-dealkylation sites (tertiary alicyclic amines) is 2. The van der Waals surface area contributed by atoms with Gasteiger partial charge < -0.3 is 19.6 Å². The molecule has 1 atom stereocenters. The first-order valence-corrected chi connectivity index (χ1v) is 8.19. The SMILES string of the molecule is C=CCOC(=O)N1C[C@@H](CO)C2(C1)CN(C(=O)C1(C(F)(F)F)CC1)C2. The fourth-order valence-corrected chi connectivity index (χ4v) is 3.91. The van der Waals surface area contributed by atoms with Crippen LogP contribution < -0.4 is 0 Å². The van der Waals surface area contributed by atoms with E-state index in [1.54, 1.807) is 0 Å². The zero-order chi connectivity index (χ0) is 18.5. The van der Waals surface area contributed by atoms with Crippen molar-refractivity contribution in [2.75, 3.05) is 39.4 Å². The number of carbonyl (C=O) groups is 2. The van der Waals surface area contributed by atoms with E-state index in [0.717, 1.165) is 0 Å². The van der Waals surface area contributed by atoms with Gasteiger partial charge in [-0.2, -0.15) is 13.2 Å². The minimum atomic E-state index is -4.53. The number of amides is 2. The van der Waals surface area contributed by atoms with Gasteiger partial charge in [0.15, 0.2) is 0 Å². The molecule has 0 aromatic rings. The second-order valence-corrected chi connectivity index (χ2v) is 7.23. The molecule has 9 heteroatoms. The Morgan fingerprint density at radius 1 is 1.24 bits per heavy atom. The third-order valence-corrected chi connectivity index (χ3v) is 5.62. The van der Waals surface area contributed by atoms with Crippen LogP contribution in [0.5, 0.6) is 0 Å². The van der Waals surface area contributed by atoms with Crippen LogP contribution >= 0.6 is 0 Å². The smallest absolute Gasteiger partial charge is 0.410 e. The number of aliphatic hydroxyl groups is 1. The maximum Gasteiger partial charge on any atom is 0.410 e. The number of carbonyl (C=O) groups excluding carboxylic acids is 2.